The second kappa shape index (κ2) is 4.80. The first-order chi connectivity index (χ1) is 8.34. The van der Waals surface area contributed by atoms with Crippen LogP contribution in [0.4, 0.5) is 0 Å². The monoisotopic (exact) mass is 323 g/mol. The molecule has 2 rings (SSSR count). The number of nitriles is 1. The molecule has 0 heterocycles. The zero-order valence-electron chi connectivity index (χ0n) is 11.1. The minimum Gasteiger partial charge on any atom is -0.400 e. The molecule has 0 aromatic heterocycles. The van der Waals surface area contributed by atoms with Gasteiger partial charge in [0.15, 0.2) is 8.32 Å². The number of halogens is 1. The fourth-order valence-corrected chi connectivity index (χ4v) is 4.32. The van der Waals surface area contributed by atoms with E-state index in [-0.39, 0.29) is 0 Å². The van der Waals surface area contributed by atoms with Crippen molar-refractivity contribution in [2.24, 2.45) is 0 Å². The lowest BCUT2D eigenvalue weighted by Gasteiger charge is -2.37. The quantitative estimate of drug-likeness (QED) is 0.769. The Hall–Kier alpha value is -0.633. The summed E-state index contributed by atoms with van der Waals surface area (Å²) in [5.74, 6) is 0. The first kappa shape index (κ1) is 13.8. The van der Waals surface area contributed by atoms with E-state index in [1.54, 1.807) is 0 Å². The fraction of sp³-hybridized carbons (Fsp3) is 0.500. The molecule has 0 fully saturated rings. The molecule has 1 aromatic rings. The highest BCUT2D eigenvalue weighted by molar-refractivity contribution is 9.10. The largest absolute Gasteiger partial charge is 0.400 e. The van der Waals surface area contributed by atoms with Crippen LogP contribution in [-0.2, 0) is 17.3 Å². The van der Waals surface area contributed by atoms with Gasteiger partial charge in [0.05, 0.1) is 6.07 Å². The summed E-state index contributed by atoms with van der Waals surface area (Å²) >= 11 is 3.50. The molecule has 0 amide bonds. The molecule has 1 aliphatic rings. The molecule has 1 unspecified atom stereocenters. The molecular weight excluding hydrogens is 306 g/mol. The van der Waals surface area contributed by atoms with E-state index in [1.165, 1.54) is 11.1 Å². The van der Waals surface area contributed by atoms with E-state index in [2.05, 4.69) is 53.8 Å². The van der Waals surface area contributed by atoms with Crippen molar-refractivity contribution in [2.45, 2.75) is 44.5 Å². The van der Waals surface area contributed by atoms with Crippen LogP contribution in [0.3, 0.4) is 0 Å². The number of nitrogens with zero attached hydrogens (tertiary/aromatic N) is 1. The van der Waals surface area contributed by atoms with E-state index in [1.807, 2.05) is 6.07 Å². The molecule has 2 nitrogen and oxygen atoms in total. The van der Waals surface area contributed by atoms with E-state index in [0.717, 1.165) is 23.7 Å². The van der Waals surface area contributed by atoms with Crippen molar-refractivity contribution in [2.75, 3.05) is 0 Å². The van der Waals surface area contributed by atoms with Crippen LogP contribution in [0.2, 0.25) is 19.6 Å². The summed E-state index contributed by atoms with van der Waals surface area (Å²) in [6.07, 6.45) is 2.44. The SMILES string of the molecule is C[Si](C)(C)OC1(C#N)CCc2cc(Br)ccc2C1. The lowest BCUT2D eigenvalue weighted by atomic mass is 9.81. The van der Waals surface area contributed by atoms with Gasteiger partial charge in [-0.05, 0) is 55.7 Å². The van der Waals surface area contributed by atoms with Crippen molar-refractivity contribution < 1.29 is 4.43 Å². The van der Waals surface area contributed by atoms with E-state index in [4.69, 9.17) is 4.43 Å². The first-order valence-corrected chi connectivity index (χ1v) is 10.4. The number of hydrogen-bond acceptors (Lipinski definition) is 2. The van der Waals surface area contributed by atoms with Gasteiger partial charge >= 0.3 is 0 Å². The topological polar surface area (TPSA) is 33.0 Å². The molecule has 0 radical (unpaired) electrons. The molecule has 4 heteroatoms. The van der Waals surface area contributed by atoms with Crippen LogP contribution in [0.15, 0.2) is 22.7 Å². The molecular formula is C14H18BrNOSi. The van der Waals surface area contributed by atoms with Gasteiger partial charge < -0.3 is 4.43 Å². The van der Waals surface area contributed by atoms with Gasteiger partial charge in [0.1, 0.15) is 5.60 Å². The maximum absolute atomic E-state index is 9.52. The molecule has 96 valence electrons. The number of aryl methyl sites for hydroxylation is 1. The molecule has 0 spiro atoms. The molecule has 0 saturated heterocycles. The predicted molar refractivity (Wildman–Crippen MR) is 78.9 cm³/mol. The summed E-state index contributed by atoms with van der Waals surface area (Å²) < 4.78 is 7.28. The van der Waals surface area contributed by atoms with Gasteiger partial charge in [-0.3, -0.25) is 0 Å². The van der Waals surface area contributed by atoms with Crippen LogP contribution in [0.25, 0.3) is 0 Å². The first-order valence-electron chi connectivity index (χ1n) is 6.22. The minimum atomic E-state index is -1.70. The highest BCUT2D eigenvalue weighted by atomic mass is 79.9. The van der Waals surface area contributed by atoms with Gasteiger partial charge in [0.25, 0.3) is 0 Å². The van der Waals surface area contributed by atoms with Gasteiger partial charge in [-0.15, -0.1) is 0 Å². The Morgan fingerprint density at radius 3 is 2.67 bits per heavy atom. The molecule has 1 atom stereocenters. The van der Waals surface area contributed by atoms with Gasteiger partial charge in [0, 0.05) is 10.9 Å². The normalized spacial score (nSPS) is 23.3. The van der Waals surface area contributed by atoms with Crippen LogP contribution < -0.4 is 0 Å². The zero-order valence-corrected chi connectivity index (χ0v) is 13.7. The van der Waals surface area contributed by atoms with Crippen LogP contribution in [0.1, 0.15) is 17.5 Å². The Bertz CT molecular complexity index is 503. The highest BCUT2D eigenvalue weighted by Crippen LogP contribution is 2.34. The average Bonchev–Trinajstić information content (AvgIpc) is 2.27. The Balaban J connectivity index is 2.29. The molecule has 0 aliphatic heterocycles. The maximum Gasteiger partial charge on any atom is 0.185 e. The summed E-state index contributed by atoms with van der Waals surface area (Å²) in [6.45, 7) is 6.43. The predicted octanol–water partition coefficient (Wildman–Crippen LogP) is 4.05. The summed E-state index contributed by atoms with van der Waals surface area (Å²) in [7, 11) is -1.70. The van der Waals surface area contributed by atoms with E-state index >= 15 is 0 Å². The van der Waals surface area contributed by atoms with E-state index < -0.39 is 13.9 Å². The van der Waals surface area contributed by atoms with Crippen molar-refractivity contribution >= 4 is 24.2 Å². The van der Waals surface area contributed by atoms with E-state index in [0.29, 0.717) is 0 Å². The van der Waals surface area contributed by atoms with Crippen LogP contribution in [-0.4, -0.2) is 13.9 Å². The Labute approximate surface area is 118 Å². The number of fused-ring (bicyclic) bond motifs is 1. The zero-order chi connectivity index (χ0) is 13.4. The van der Waals surface area contributed by atoms with Crippen LogP contribution >= 0.6 is 15.9 Å². The summed E-state index contributed by atoms with van der Waals surface area (Å²) in [4.78, 5) is 0. The van der Waals surface area contributed by atoms with Crippen molar-refractivity contribution in [3.63, 3.8) is 0 Å². The lowest BCUT2D eigenvalue weighted by molar-refractivity contribution is 0.104. The van der Waals surface area contributed by atoms with Gasteiger partial charge in [-0.25, -0.2) is 0 Å². The Morgan fingerprint density at radius 2 is 2.06 bits per heavy atom. The molecule has 1 aliphatic carbocycles. The second-order valence-corrected chi connectivity index (χ2v) is 11.3. The Kier molecular flexibility index (Phi) is 3.68. The third kappa shape index (κ3) is 3.03. The van der Waals surface area contributed by atoms with Crippen molar-refractivity contribution in [1.82, 2.24) is 0 Å². The van der Waals surface area contributed by atoms with Crippen molar-refractivity contribution in [3.8, 4) is 6.07 Å². The van der Waals surface area contributed by atoms with Gasteiger partial charge in [0.2, 0.25) is 0 Å². The van der Waals surface area contributed by atoms with Crippen LogP contribution in [0.5, 0.6) is 0 Å². The summed E-state index contributed by atoms with van der Waals surface area (Å²) in [5, 5.41) is 9.52. The van der Waals surface area contributed by atoms with Crippen molar-refractivity contribution in [1.29, 1.82) is 5.26 Å². The Morgan fingerprint density at radius 1 is 1.33 bits per heavy atom. The summed E-state index contributed by atoms with van der Waals surface area (Å²) in [6, 6.07) is 8.74. The highest BCUT2D eigenvalue weighted by Gasteiger charge is 2.39. The van der Waals surface area contributed by atoms with Crippen molar-refractivity contribution in [3.05, 3.63) is 33.8 Å². The second-order valence-electron chi connectivity index (χ2n) is 5.91. The van der Waals surface area contributed by atoms with Gasteiger partial charge in [-0.1, -0.05) is 22.0 Å². The minimum absolute atomic E-state index is 0.606. The molecule has 18 heavy (non-hydrogen) atoms. The number of rotatable bonds is 2. The maximum atomic E-state index is 9.52. The lowest BCUT2D eigenvalue weighted by Crippen LogP contribution is -2.45. The molecule has 0 bridgehead atoms. The smallest absolute Gasteiger partial charge is 0.185 e. The fourth-order valence-electron chi connectivity index (χ4n) is 2.52. The number of hydrogen-bond donors (Lipinski definition) is 0. The average molecular weight is 324 g/mol. The molecule has 1 aromatic carbocycles. The molecule has 0 saturated carbocycles. The number of benzene rings is 1. The third-order valence-corrected chi connectivity index (χ3v) is 4.64. The molecule has 0 N–H and O–H groups in total. The van der Waals surface area contributed by atoms with Gasteiger partial charge in [-0.2, -0.15) is 5.26 Å². The summed E-state index contributed by atoms with van der Waals surface area (Å²) in [5.41, 5.74) is 1.99. The van der Waals surface area contributed by atoms with E-state index in [9.17, 15) is 5.26 Å². The third-order valence-electron chi connectivity index (χ3n) is 3.15. The van der Waals surface area contributed by atoms with Crippen LogP contribution in [0, 0.1) is 11.3 Å². The standard InChI is InChI=1S/C14H18BrNOSi/c1-18(2,3)17-14(10-16)7-6-11-8-13(15)5-4-12(11)9-14/h4-5,8H,6-7,9H2,1-3H3.